The van der Waals surface area contributed by atoms with E-state index >= 15 is 0 Å². The van der Waals surface area contributed by atoms with Gasteiger partial charge in [-0.15, -0.1) is 0 Å². The molecule has 23 heavy (non-hydrogen) atoms. The molecule has 8 heteroatoms. The molecular weight excluding hydrogens is 320 g/mol. The van der Waals surface area contributed by atoms with Crippen molar-refractivity contribution < 1.29 is 8.78 Å². The quantitative estimate of drug-likeness (QED) is 0.738. The molecule has 0 saturated heterocycles. The van der Waals surface area contributed by atoms with Gasteiger partial charge in [-0.2, -0.15) is 4.98 Å². The van der Waals surface area contributed by atoms with E-state index in [1.807, 2.05) is 3.96 Å². The summed E-state index contributed by atoms with van der Waals surface area (Å²) in [7, 11) is 1.65. The number of halogens is 2. The van der Waals surface area contributed by atoms with E-state index < -0.39 is 13.3 Å². The van der Waals surface area contributed by atoms with E-state index in [1.54, 1.807) is 37.6 Å². The van der Waals surface area contributed by atoms with Crippen molar-refractivity contribution in [1.29, 1.82) is 0 Å². The van der Waals surface area contributed by atoms with E-state index in [0.29, 0.717) is 27.3 Å². The molecule has 5 nitrogen and oxygen atoms in total. The summed E-state index contributed by atoms with van der Waals surface area (Å²) in [4.78, 5) is 17.1. The van der Waals surface area contributed by atoms with Crippen molar-refractivity contribution in [2.24, 2.45) is 4.99 Å². The Kier molecular flexibility index (Phi) is 4.52. The Hall–Kier alpha value is -2.48. The van der Waals surface area contributed by atoms with E-state index in [0.717, 1.165) is 5.69 Å². The molecule has 2 heterocycles. The van der Waals surface area contributed by atoms with Crippen LogP contribution in [0.1, 0.15) is 11.1 Å². The topological polar surface area (TPSA) is 56.0 Å². The summed E-state index contributed by atoms with van der Waals surface area (Å²) in [6.07, 6.45) is 4.74. The van der Waals surface area contributed by atoms with Gasteiger partial charge in [0, 0.05) is 12.6 Å². The number of aromatic nitrogens is 4. The Morgan fingerprint density at radius 2 is 1.87 bits per heavy atom. The van der Waals surface area contributed by atoms with Crippen LogP contribution in [0.4, 0.5) is 8.78 Å². The highest BCUT2D eigenvalue weighted by Crippen LogP contribution is 2.25. The predicted molar refractivity (Wildman–Crippen MR) is 83.6 cm³/mol. The van der Waals surface area contributed by atoms with Crippen molar-refractivity contribution in [2.45, 2.75) is 13.3 Å². The number of benzene rings is 1. The van der Waals surface area contributed by atoms with E-state index in [1.165, 1.54) is 17.9 Å². The molecule has 0 bridgehead atoms. The van der Waals surface area contributed by atoms with Gasteiger partial charge in [-0.3, -0.25) is 4.99 Å². The maximum atomic E-state index is 13.1. The summed E-state index contributed by atoms with van der Waals surface area (Å²) >= 11 is 1.32. The van der Waals surface area contributed by atoms with E-state index in [4.69, 9.17) is 0 Å². The van der Waals surface area contributed by atoms with Crippen LogP contribution in [0.15, 0.2) is 41.9 Å². The molecule has 0 aliphatic carbocycles. The van der Waals surface area contributed by atoms with Gasteiger partial charge in [0.1, 0.15) is 19.7 Å². The molecule has 0 unspecified atom stereocenters. The summed E-state index contributed by atoms with van der Waals surface area (Å²) in [5.41, 5.74) is 2.08. The first kappa shape index (κ1) is 15.4. The minimum atomic E-state index is -0.726. The van der Waals surface area contributed by atoms with E-state index in [9.17, 15) is 8.78 Å². The standard InChI is InChI=1S/C15H13F2N5S/c1-18-15-21-14(22(23-15)13-7-19-9-20-8-13)10-2-3-11(5-16)12(4-10)6-17/h2-4,7-9H,5-6H2,1H3. The Morgan fingerprint density at radius 1 is 1.13 bits per heavy atom. The van der Waals surface area contributed by atoms with E-state index in [2.05, 4.69) is 19.9 Å². The van der Waals surface area contributed by atoms with E-state index in [-0.39, 0.29) is 0 Å². The van der Waals surface area contributed by atoms with Crippen LogP contribution in [0.3, 0.4) is 0 Å². The number of hydrogen-bond acceptors (Lipinski definition) is 5. The van der Waals surface area contributed by atoms with Gasteiger partial charge < -0.3 is 0 Å². The van der Waals surface area contributed by atoms with Crippen LogP contribution >= 0.6 is 11.5 Å². The second-order valence-corrected chi connectivity index (χ2v) is 5.59. The molecule has 0 radical (unpaired) electrons. The first-order valence-electron chi connectivity index (χ1n) is 6.79. The van der Waals surface area contributed by atoms with Gasteiger partial charge in [-0.1, -0.05) is 12.1 Å². The lowest BCUT2D eigenvalue weighted by atomic mass is 10.1. The third-order valence-electron chi connectivity index (χ3n) is 3.29. The van der Waals surface area contributed by atoms with Crippen LogP contribution in [0.2, 0.25) is 0 Å². The molecular formula is C15H13F2N5S. The summed E-state index contributed by atoms with van der Waals surface area (Å²) < 4.78 is 27.8. The summed E-state index contributed by atoms with van der Waals surface area (Å²) in [5, 5.41) is 0. The molecule has 3 aromatic rings. The fourth-order valence-electron chi connectivity index (χ4n) is 2.14. The third-order valence-corrected chi connectivity index (χ3v) is 4.30. The molecule has 0 fully saturated rings. The lowest BCUT2D eigenvalue weighted by Crippen LogP contribution is -1.99. The molecule has 1 aromatic carbocycles. The fraction of sp³-hybridized carbons (Fsp3) is 0.200. The third kappa shape index (κ3) is 3.02. The highest BCUT2D eigenvalue weighted by molar-refractivity contribution is 7.04. The van der Waals surface area contributed by atoms with Gasteiger partial charge in [0.2, 0.25) is 4.80 Å². The molecule has 0 N–H and O–H groups in total. The monoisotopic (exact) mass is 333 g/mol. The molecule has 0 spiro atoms. The smallest absolute Gasteiger partial charge is 0.222 e. The minimum Gasteiger partial charge on any atom is -0.260 e. The zero-order valence-electron chi connectivity index (χ0n) is 12.3. The lowest BCUT2D eigenvalue weighted by molar-refractivity contribution is 0.454. The van der Waals surface area contributed by atoms with Gasteiger partial charge in [0.25, 0.3) is 0 Å². The molecule has 0 aliphatic heterocycles. The number of alkyl halides is 2. The van der Waals surface area contributed by atoms with Crippen molar-refractivity contribution in [3.05, 3.63) is 52.8 Å². The van der Waals surface area contributed by atoms with Gasteiger partial charge in [0.15, 0.2) is 5.82 Å². The minimum absolute atomic E-state index is 0.323. The van der Waals surface area contributed by atoms with Crippen molar-refractivity contribution in [2.75, 3.05) is 7.05 Å². The Bertz CT molecular complexity index is 873. The van der Waals surface area contributed by atoms with Crippen molar-refractivity contribution in [3.63, 3.8) is 0 Å². The van der Waals surface area contributed by atoms with Crippen LogP contribution in [0, 0.1) is 0 Å². The van der Waals surface area contributed by atoms with Crippen LogP contribution in [0.25, 0.3) is 17.1 Å². The van der Waals surface area contributed by atoms with Crippen LogP contribution in [-0.4, -0.2) is 26.0 Å². The number of nitrogens with zero attached hydrogens (tertiary/aromatic N) is 5. The van der Waals surface area contributed by atoms with Crippen LogP contribution in [-0.2, 0) is 13.3 Å². The first-order valence-corrected chi connectivity index (χ1v) is 7.57. The SMILES string of the molecule is CN=c1nc(-c2ccc(CF)c(CF)c2)n(-c2cncnc2)s1. The second kappa shape index (κ2) is 6.74. The number of rotatable bonds is 4. The Morgan fingerprint density at radius 3 is 2.52 bits per heavy atom. The van der Waals surface area contributed by atoms with Crippen molar-refractivity contribution in [1.82, 2.24) is 18.9 Å². The van der Waals surface area contributed by atoms with Crippen molar-refractivity contribution >= 4 is 11.5 Å². The fourth-order valence-corrected chi connectivity index (χ4v) is 2.95. The average molecular weight is 333 g/mol. The molecule has 0 saturated carbocycles. The molecule has 0 aliphatic rings. The molecule has 118 valence electrons. The zero-order chi connectivity index (χ0) is 16.2. The van der Waals surface area contributed by atoms with Crippen molar-refractivity contribution in [3.8, 4) is 17.1 Å². The zero-order valence-corrected chi connectivity index (χ0v) is 13.1. The van der Waals surface area contributed by atoms with Gasteiger partial charge >= 0.3 is 0 Å². The van der Waals surface area contributed by atoms with Crippen LogP contribution < -0.4 is 4.80 Å². The maximum Gasteiger partial charge on any atom is 0.222 e. The highest BCUT2D eigenvalue weighted by Gasteiger charge is 2.13. The second-order valence-electron chi connectivity index (χ2n) is 4.67. The normalized spacial score (nSPS) is 11.9. The summed E-state index contributed by atoms with van der Waals surface area (Å²) in [6.45, 7) is -1.42. The molecule has 0 amide bonds. The van der Waals surface area contributed by atoms with Crippen LogP contribution in [0.5, 0.6) is 0 Å². The molecule has 2 aromatic heterocycles. The molecule has 3 rings (SSSR count). The average Bonchev–Trinajstić information content (AvgIpc) is 3.06. The lowest BCUT2D eigenvalue weighted by Gasteiger charge is -2.08. The van der Waals surface area contributed by atoms with Gasteiger partial charge in [-0.05, 0) is 28.7 Å². The molecule has 0 atom stereocenters. The summed E-state index contributed by atoms with van der Waals surface area (Å²) in [5.74, 6) is 0.588. The Labute approximate surface area is 135 Å². The predicted octanol–water partition coefficient (Wildman–Crippen LogP) is 2.86. The van der Waals surface area contributed by atoms with Gasteiger partial charge in [-0.25, -0.2) is 22.7 Å². The first-order chi connectivity index (χ1) is 11.3. The van der Waals surface area contributed by atoms with Gasteiger partial charge in [0.05, 0.1) is 18.1 Å². The highest BCUT2D eigenvalue weighted by atomic mass is 32.1. The number of hydrogen-bond donors (Lipinski definition) is 0. The summed E-state index contributed by atoms with van der Waals surface area (Å²) in [6, 6.07) is 4.92. The maximum absolute atomic E-state index is 13.1. The largest absolute Gasteiger partial charge is 0.260 e. The Balaban J connectivity index is 2.19.